The molecule has 1 atom stereocenters. The first-order valence-electron chi connectivity index (χ1n) is 7.72. The zero-order valence-electron chi connectivity index (χ0n) is 13.1. The van der Waals surface area contributed by atoms with Gasteiger partial charge >= 0.3 is 0 Å². The summed E-state index contributed by atoms with van der Waals surface area (Å²) in [5.41, 5.74) is 0. The molecule has 1 aromatic carbocycles. The molecule has 0 saturated carbocycles. The fourth-order valence-electron chi connectivity index (χ4n) is 2.74. The van der Waals surface area contributed by atoms with Crippen molar-refractivity contribution in [1.82, 2.24) is 24.4 Å². The molecule has 2 heterocycles. The Hall–Kier alpha value is -2.26. The average Bonchev–Trinajstić information content (AvgIpc) is 3.08. The third-order valence-corrected chi connectivity index (χ3v) is 5.45. The third-order valence-electron chi connectivity index (χ3n) is 3.91. The molecule has 0 aliphatic carbocycles. The molecular formula is C15H19N5O3S. The quantitative estimate of drug-likeness (QED) is 0.834. The first-order valence-corrected chi connectivity index (χ1v) is 9.20. The summed E-state index contributed by atoms with van der Waals surface area (Å²) in [4.78, 5) is 18.0. The summed E-state index contributed by atoms with van der Waals surface area (Å²) >= 11 is 0. The number of aromatic nitrogens is 3. The number of rotatable bonds is 5. The minimum absolute atomic E-state index is 0.0934. The highest BCUT2D eigenvalue weighted by molar-refractivity contribution is 7.89. The third kappa shape index (κ3) is 3.98. The summed E-state index contributed by atoms with van der Waals surface area (Å²) in [5.74, 6) is -0.0934. The van der Waals surface area contributed by atoms with E-state index >= 15 is 0 Å². The lowest BCUT2D eigenvalue weighted by atomic mass is 10.1. The molecule has 1 saturated heterocycles. The van der Waals surface area contributed by atoms with Gasteiger partial charge in [-0.1, -0.05) is 18.2 Å². The summed E-state index contributed by atoms with van der Waals surface area (Å²) in [6, 6.07) is 7.96. The summed E-state index contributed by atoms with van der Waals surface area (Å²) in [7, 11) is -3.57. The molecule has 1 aromatic heterocycles. The van der Waals surface area contributed by atoms with Gasteiger partial charge in [0.25, 0.3) is 0 Å². The molecule has 9 heteroatoms. The standard InChI is InChI=1S/C15H19N5O3S/c21-15(10-20-12-16-11-17-20)19-8-4-5-13(9-19)18-24(22,23)14-6-2-1-3-7-14/h1-3,6-7,11-13,18H,4-5,8-10H2/t13-/m0/s1. The van der Waals surface area contributed by atoms with Crippen LogP contribution in [-0.2, 0) is 21.4 Å². The van der Waals surface area contributed by atoms with E-state index in [4.69, 9.17) is 0 Å². The number of hydrogen-bond donors (Lipinski definition) is 1. The van der Waals surface area contributed by atoms with Gasteiger partial charge < -0.3 is 4.90 Å². The maximum Gasteiger partial charge on any atom is 0.244 e. The highest BCUT2D eigenvalue weighted by Gasteiger charge is 2.27. The van der Waals surface area contributed by atoms with Crippen LogP contribution in [0, 0.1) is 0 Å². The molecule has 3 rings (SSSR count). The smallest absolute Gasteiger partial charge is 0.244 e. The number of hydrogen-bond acceptors (Lipinski definition) is 5. The Morgan fingerprint density at radius 3 is 2.79 bits per heavy atom. The maximum absolute atomic E-state index is 12.4. The minimum atomic E-state index is -3.57. The molecule has 1 aliphatic heterocycles. The van der Waals surface area contributed by atoms with Crippen LogP contribution in [0.25, 0.3) is 0 Å². The molecule has 1 aliphatic rings. The van der Waals surface area contributed by atoms with E-state index in [1.807, 2.05) is 0 Å². The van der Waals surface area contributed by atoms with Crippen molar-refractivity contribution in [2.24, 2.45) is 0 Å². The Morgan fingerprint density at radius 2 is 2.08 bits per heavy atom. The highest BCUT2D eigenvalue weighted by Crippen LogP contribution is 2.15. The van der Waals surface area contributed by atoms with Gasteiger partial charge in [-0.25, -0.2) is 22.8 Å². The second-order valence-corrected chi connectivity index (χ2v) is 7.42. The van der Waals surface area contributed by atoms with Crippen molar-refractivity contribution in [2.75, 3.05) is 13.1 Å². The van der Waals surface area contributed by atoms with Gasteiger partial charge in [0, 0.05) is 19.1 Å². The van der Waals surface area contributed by atoms with Crippen LogP contribution < -0.4 is 4.72 Å². The van der Waals surface area contributed by atoms with Crippen molar-refractivity contribution >= 4 is 15.9 Å². The molecule has 1 N–H and O–H groups in total. The van der Waals surface area contributed by atoms with Gasteiger partial charge in [-0.3, -0.25) is 4.79 Å². The monoisotopic (exact) mass is 349 g/mol. The Kier molecular flexibility index (Phi) is 4.91. The Morgan fingerprint density at radius 1 is 1.29 bits per heavy atom. The van der Waals surface area contributed by atoms with Crippen LogP contribution in [-0.4, -0.2) is 53.1 Å². The summed E-state index contributed by atoms with van der Waals surface area (Å²) in [6.45, 7) is 1.09. The van der Waals surface area contributed by atoms with E-state index in [1.54, 1.807) is 35.2 Å². The summed E-state index contributed by atoms with van der Waals surface area (Å²) < 4.78 is 28.9. The van der Waals surface area contributed by atoms with E-state index in [0.29, 0.717) is 19.5 Å². The van der Waals surface area contributed by atoms with Gasteiger partial charge in [0.05, 0.1) is 4.90 Å². The number of sulfonamides is 1. The maximum atomic E-state index is 12.4. The second-order valence-electron chi connectivity index (χ2n) is 5.71. The highest BCUT2D eigenvalue weighted by atomic mass is 32.2. The SMILES string of the molecule is O=C(Cn1cncn1)N1CCC[C@H](NS(=O)(=O)c2ccccc2)C1. The van der Waals surface area contributed by atoms with E-state index in [1.165, 1.54) is 17.3 Å². The van der Waals surface area contributed by atoms with Crippen LogP contribution in [0.1, 0.15) is 12.8 Å². The molecule has 1 amide bonds. The predicted molar refractivity (Wildman–Crippen MR) is 86.4 cm³/mol. The molecule has 0 radical (unpaired) electrons. The first kappa shape index (κ1) is 16.6. The van der Waals surface area contributed by atoms with Crippen molar-refractivity contribution in [3.63, 3.8) is 0 Å². The zero-order chi connectivity index (χ0) is 17.0. The van der Waals surface area contributed by atoms with Crippen LogP contribution in [0.3, 0.4) is 0 Å². The number of nitrogens with zero attached hydrogens (tertiary/aromatic N) is 4. The van der Waals surface area contributed by atoms with Crippen LogP contribution in [0.4, 0.5) is 0 Å². The van der Waals surface area contributed by atoms with E-state index in [0.717, 1.165) is 6.42 Å². The molecule has 1 fully saturated rings. The van der Waals surface area contributed by atoms with Gasteiger partial charge in [0.2, 0.25) is 15.9 Å². The van der Waals surface area contributed by atoms with Crippen molar-refractivity contribution in [2.45, 2.75) is 30.3 Å². The lowest BCUT2D eigenvalue weighted by Crippen LogP contribution is -2.50. The number of benzene rings is 1. The van der Waals surface area contributed by atoms with E-state index in [9.17, 15) is 13.2 Å². The molecule has 128 valence electrons. The molecule has 0 unspecified atom stereocenters. The zero-order valence-corrected chi connectivity index (χ0v) is 13.9. The predicted octanol–water partition coefficient (Wildman–Crippen LogP) is 0.248. The number of piperidine rings is 1. The fraction of sp³-hybridized carbons (Fsp3) is 0.400. The van der Waals surface area contributed by atoms with Crippen LogP contribution >= 0.6 is 0 Å². The van der Waals surface area contributed by atoms with Crippen LogP contribution in [0.2, 0.25) is 0 Å². The van der Waals surface area contributed by atoms with Gasteiger partial charge in [0.15, 0.2) is 0 Å². The van der Waals surface area contributed by atoms with Crippen LogP contribution in [0.5, 0.6) is 0 Å². The minimum Gasteiger partial charge on any atom is -0.339 e. The normalized spacial score (nSPS) is 18.5. The Bertz CT molecular complexity index is 777. The van der Waals surface area contributed by atoms with E-state index < -0.39 is 10.0 Å². The molecule has 0 bridgehead atoms. The van der Waals surface area contributed by atoms with Gasteiger partial charge in [-0.05, 0) is 25.0 Å². The molecule has 8 nitrogen and oxygen atoms in total. The largest absolute Gasteiger partial charge is 0.339 e. The summed E-state index contributed by atoms with van der Waals surface area (Å²) in [6.07, 6.45) is 4.32. The van der Waals surface area contributed by atoms with Crippen molar-refractivity contribution in [3.05, 3.63) is 43.0 Å². The number of amides is 1. The second kappa shape index (κ2) is 7.10. The van der Waals surface area contributed by atoms with E-state index in [2.05, 4.69) is 14.8 Å². The number of likely N-dealkylation sites (tertiary alicyclic amines) is 1. The lowest BCUT2D eigenvalue weighted by Gasteiger charge is -2.33. The molecule has 0 spiro atoms. The number of carbonyl (C=O) groups excluding carboxylic acids is 1. The fourth-order valence-corrected chi connectivity index (χ4v) is 4.02. The Labute approximate surface area is 140 Å². The van der Waals surface area contributed by atoms with Crippen molar-refractivity contribution < 1.29 is 13.2 Å². The average molecular weight is 349 g/mol. The summed E-state index contributed by atoms with van der Waals surface area (Å²) in [5, 5.41) is 3.92. The van der Waals surface area contributed by atoms with Gasteiger partial charge in [-0.2, -0.15) is 5.10 Å². The number of carbonyl (C=O) groups is 1. The Balaban J connectivity index is 1.62. The molecule has 2 aromatic rings. The number of nitrogens with one attached hydrogen (secondary N) is 1. The van der Waals surface area contributed by atoms with Crippen molar-refractivity contribution in [3.8, 4) is 0 Å². The van der Waals surface area contributed by atoms with Gasteiger partial charge in [-0.15, -0.1) is 0 Å². The van der Waals surface area contributed by atoms with Crippen molar-refractivity contribution in [1.29, 1.82) is 0 Å². The van der Waals surface area contributed by atoms with Crippen LogP contribution in [0.15, 0.2) is 47.9 Å². The molecular weight excluding hydrogens is 330 g/mol. The first-order chi connectivity index (χ1) is 11.5. The van der Waals surface area contributed by atoms with Gasteiger partial charge in [0.1, 0.15) is 19.2 Å². The lowest BCUT2D eigenvalue weighted by molar-refractivity contribution is -0.133. The molecule has 24 heavy (non-hydrogen) atoms. The topological polar surface area (TPSA) is 97.2 Å². The van der Waals surface area contributed by atoms with E-state index in [-0.39, 0.29) is 23.4 Å².